The number of benzene rings is 1. The van der Waals surface area contributed by atoms with Gasteiger partial charge in [-0.1, -0.05) is 31.2 Å². The van der Waals surface area contributed by atoms with Crippen molar-refractivity contribution in [3.8, 4) is 17.0 Å². The molecule has 166 valence electrons. The summed E-state index contributed by atoms with van der Waals surface area (Å²) in [7, 11) is 4.04. The lowest BCUT2D eigenvalue weighted by molar-refractivity contribution is 0.164. The van der Waals surface area contributed by atoms with Gasteiger partial charge in [-0.15, -0.1) is 5.10 Å². The summed E-state index contributed by atoms with van der Waals surface area (Å²) in [5.74, 6) is -0.186. The van der Waals surface area contributed by atoms with Crippen molar-refractivity contribution in [3.63, 3.8) is 0 Å². The van der Waals surface area contributed by atoms with E-state index >= 15 is 0 Å². The van der Waals surface area contributed by atoms with Crippen molar-refractivity contribution in [1.29, 1.82) is 0 Å². The zero-order valence-corrected chi connectivity index (χ0v) is 19.5. The van der Waals surface area contributed by atoms with Gasteiger partial charge in [0.25, 0.3) is 0 Å². The van der Waals surface area contributed by atoms with E-state index in [-0.39, 0.29) is 22.1 Å². The molecule has 0 saturated heterocycles. The van der Waals surface area contributed by atoms with Crippen molar-refractivity contribution in [1.82, 2.24) is 19.6 Å². The number of aromatic nitrogens is 4. The molecule has 0 fully saturated rings. The molecule has 1 aromatic carbocycles. The van der Waals surface area contributed by atoms with Crippen LogP contribution >= 0.6 is 0 Å². The van der Waals surface area contributed by atoms with Crippen molar-refractivity contribution < 1.29 is 5.11 Å². The van der Waals surface area contributed by atoms with Gasteiger partial charge in [0, 0.05) is 49.7 Å². The van der Waals surface area contributed by atoms with E-state index in [1.54, 1.807) is 13.1 Å². The number of hydrogen-bond donors (Lipinski definition) is 1. The Hall–Kier alpha value is -3.09. The van der Waals surface area contributed by atoms with Crippen molar-refractivity contribution in [2.24, 2.45) is 5.41 Å². The maximum Gasteiger partial charge on any atom is 0.223 e. The average Bonchev–Trinajstić information content (AvgIpc) is 3.12. The van der Waals surface area contributed by atoms with Crippen LogP contribution in [0.4, 0.5) is 5.69 Å². The van der Waals surface area contributed by atoms with Crippen molar-refractivity contribution in [3.05, 3.63) is 58.6 Å². The molecule has 7 heteroatoms. The molecule has 0 atom stereocenters. The average molecular weight is 424 g/mol. The quantitative estimate of drug-likeness (QED) is 0.621. The van der Waals surface area contributed by atoms with E-state index in [1.807, 2.05) is 29.5 Å². The first-order valence-corrected chi connectivity index (χ1v) is 10.5. The second-order valence-electron chi connectivity index (χ2n) is 9.88. The fraction of sp³-hybridized carbons (Fsp3) is 0.458. The second-order valence-corrected chi connectivity index (χ2v) is 9.88. The number of nitrogens with zero attached hydrogens (tertiary/aromatic N) is 5. The van der Waals surface area contributed by atoms with E-state index in [2.05, 4.69) is 67.2 Å². The second kappa shape index (κ2) is 8.21. The minimum atomic E-state index is -0.349. The molecule has 3 aromatic rings. The van der Waals surface area contributed by atoms with E-state index in [4.69, 9.17) is 0 Å². The lowest BCUT2D eigenvalue weighted by Crippen LogP contribution is -2.36. The van der Waals surface area contributed by atoms with Crippen molar-refractivity contribution >= 4 is 5.69 Å². The summed E-state index contributed by atoms with van der Waals surface area (Å²) in [5, 5.41) is 18.8. The van der Waals surface area contributed by atoms with Crippen molar-refractivity contribution in [2.45, 2.75) is 53.1 Å². The van der Waals surface area contributed by atoms with Crippen LogP contribution in [0.5, 0.6) is 5.75 Å². The molecule has 2 aromatic heterocycles. The molecule has 0 amide bonds. The predicted octanol–water partition coefficient (Wildman–Crippen LogP) is 4.04. The van der Waals surface area contributed by atoms with E-state index in [1.165, 1.54) is 6.07 Å². The summed E-state index contributed by atoms with van der Waals surface area (Å²) < 4.78 is 3.87. The summed E-state index contributed by atoms with van der Waals surface area (Å²) in [5.41, 5.74) is 2.85. The Bertz CT molecular complexity index is 1110. The van der Waals surface area contributed by atoms with Crippen LogP contribution in [0.1, 0.15) is 39.8 Å². The van der Waals surface area contributed by atoms with Gasteiger partial charge < -0.3 is 14.6 Å². The molecule has 0 unspecified atom stereocenters. The molecule has 0 radical (unpaired) electrons. The maximum atomic E-state index is 11.7. The highest BCUT2D eigenvalue weighted by molar-refractivity contribution is 5.61. The Morgan fingerprint density at radius 2 is 1.71 bits per heavy atom. The summed E-state index contributed by atoms with van der Waals surface area (Å²) in [4.78, 5) is 13.8. The number of aromatic hydroxyl groups is 1. The Balaban J connectivity index is 1.76. The molecule has 0 aliphatic carbocycles. The molecule has 3 rings (SSSR count). The third-order valence-corrected chi connectivity index (χ3v) is 5.68. The number of rotatable bonds is 7. The third kappa shape index (κ3) is 4.98. The fourth-order valence-electron chi connectivity index (χ4n) is 4.47. The maximum absolute atomic E-state index is 11.7. The molecular weight excluding hydrogens is 390 g/mol. The third-order valence-electron chi connectivity index (χ3n) is 5.68. The highest BCUT2D eigenvalue weighted by atomic mass is 16.3. The van der Waals surface area contributed by atoms with Gasteiger partial charge in [-0.05, 0) is 44.7 Å². The van der Waals surface area contributed by atoms with Gasteiger partial charge in [-0.2, -0.15) is 0 Å². The Kier molecular flexibility index (Phi) is 5.98. The van der Waals surface area contributed by atoms with E-state index in [0.29, 0.717) is 12.2 Å². The first-order chi connectivity index (χ1) is 14.4. The largest absolute Gasteiger partial charge is 0.503 e. The topological polar surface area (TPSA) is 76.2 Å². The summed E-state index contributed by atoms with van der Waals surface area (Å²) >= 11 is 0. The summed E-state index contributed by atoms with van der Waals surface area (Å²) in [6.45, 7) is 11.1. The molecule has 2 heterocycles. The minimum absolute atomic E-state index is 0.103. The standard InChI is InChI=1S/C24H33N5O2/c1-17-22(31)21(30)12-13-29(17)24(4,5)15-23(2,3)16-28-14-20(25-26-28)18-8-10-19(11-9-18)27(6)7/h8-14,31H,15-16H2,1-7H3. The molecule has 0 saturated carbocycles. The van der Waals surface area contributed by atoms with E-state index in [9.17, 15) is 9.90 Å². The normalized spacial score (nSPS) is 12.2. The zero-order chi connectivity index (χ0) is 23.0. The lowest BCUT2D eigenvalue weighted by atomic mass is 9.79. The van der Waals surface area contributed by atoms with Gasteiger partial charge in [0.2, 0.25) is 5.43 Å². The van der Waals surface area contributed by atoms with Crippen LogP contribution < -0.4 is 10.3 Å². The smallest absolute Gasteiger partial charge is 0.223 e. The highest BCUT2D eigenvalue weighted by Gasteiger charge is 2.32. The van der Waals surface area contributed by atoms with Crippen LogP contribution in [0.2, 0.25) is 0 Å². The van der Waals surface area contributed by atoms with Crippen molar-refractivity contribution in [2.75, 3.05) is 19.0 Å². The van der Waals surface area contributed by atoms with Gasteiger partial charge in [0.1, 0.15) is 5.69 Å². The van der Waals surface area contributed by atoms with Gasteiger partial charge in [-0.25, -0.2) is 0 Å². The Labute approximate surface area is 184 Å². The number of anilines is 1. The van der Waals surface area contributed by atoms with Crippen LogP contribution in [0.25, 0.3) is 11.3 Å². The first kappa shape index (κ1) is 22.6. The predicted molar refractivity (Wildman–Crippen MR) is 125 cm³/mol. The van der Waals surface area contributed by atoms with E-state index < -0.39 is 0 Å². The zero-order valence-electron chi connectivity index (χ0n) is 19.5. The Morgan fingerprint density at radius 3 is 2.32 bits per heavy atom. The summed E-state index contributed by atoms with van der Waals surface area (Å²) in [6, 6.07) is 9.68. The van der Waals surface area contributed by atoms with Crippen LogP contribution in [0, 0.1) is 12.3 Å². The van der Waals surface area contributed by atoms with Crippen LogP contribution in [0.15, 0.2) is 47.5 Å². The first-order valence-electron chi connectivity index (χ1n) is 10.5. The summed E-state index contributed by atoms with van der Waals surface area (Å²) in [6.07, 6.45) is 4.56. The number of hydrogen-bond acceptors (Lipinski definition) is 5. The van der Waals surface area contributed by atoms with Gasteiger partial charge in [-0.3, -0.25) is 9.48 Å². The molecule has 0 aliphatic rings. The molecule has 0 aliphatic heterocycles. The van der Waals surface area contributed by atoms with Gasteiger partial charge >= 0.3 is 0 Å². The van der Waals surface area contributed by atoms with E-state index in [0.717, 1.165) is 23.4 Å². The van der Waals surface area contributed by atoms with Crippen LogP contribution in [-0.4, -0.2) is 38.8 Å². The number of pyridine rings is 1. The van der Waals surface area contributed by atoms with Crippen LogP contribution in [0.3, 0.4) is 0 Å². The molecular formula is C24H33N5O2. The lowest BCUT2D eigenvalue weighted by Gasteiger charge is -2.38. The van der Waals surface area contributed by atoms with Gasteiger partial charge in [0.05, 0.1) is 11.9 Å². The minimum Gasteiger partial charge on any atom is -0.503 e. The SMILES string of the molecule is Cc1c(O)c(=O)ccn1C(C)(C)CC(C)(C)Cn1cc(-c2ccc(N(C)C)cc2)nn1. The molecule has 1 N–H and O–H groups in total. The highest BCUT2D eigenvalue weighted by Crippen LogP contribution is 2.35. The monoisotopic (exact) mass is 423 g/mol. The van der Waals surface area contributed by atoms with Gasteiger partial charge in [0.15, 0.2) is 5.75 Å². The molecule has 7 nitrogen and oxygen atoms in total. The molecule has 31 heavy (non-hydrogen) atoms. The van der Waals surface area contributed by atoms with Crippen LogP contribution in [-0.2, 0) is 12.1 Å². The molecule has 0 spiro atoms. The Morgan fingerprint density at radius 1 is 1.06 bits per heavy atom. The fourth-order valence-corrected chi connectivity index (χ4v) is 4.47. The molecule has 0 bridgehead atoms.